The van der Waals surface area contributed by atoms with E-state index in [2.05, 4.69) is 10.6 Å². The minimum absolute atomic E-state index is 0.182. The summed E-state index contributed by atoms with van der Waals surface area (Å²) in [7, 11) is 6.06. The highest BCUT2D eigenvalue weighted by molar-refractivity contribution is 6.10. The maximum absolute atomic E-state index is 13.2. The average molecular weight is 481 g/mol. The lowest BCUT2D eigenvalue weighted by Crippen LogP contribution is -2.17. The Morgan fingerprint density at radius 3 is 1.66 bits per heavy atom. The summed E-state index contributed by atoms with van der Waals surface area (Å²) in [6.45, 7) is 2.15. The van der Waals surface area contributed by atoms with E-state index in [9.17, 15) is 9.59 Å². The van der Waals surface area contributed by atoms with Gasteiger partial charge in [0.15, 0.2) is 0 Å². The first-order valence-electron chi connectivity index (χ1n) is 10.8. The summed E-state index contributed by atoms with van der Waals surface area (Å²) < 4.78 is 26.8. The Hall–Kier alpha value is -4.40. The van der Waals surface area contributed by atoms with Crippen molar-refractivity contribution in [2.24, 2.45) is 0 Å². The van der Waals surface area contributed by atoms with Crippen LogP contribution in [-0.2, 0) is 0 Å². The van der Waals surface area contributed by atoms with Crippen LogP contribution in [0.3, 0.4) is 0 Å². The van der Waals surface area contributed by atoms with Crippen LogP contribution < -0.4 is 34.3 Å². The molecule has 0 radical (unpaired) electrons. The SMILES string of the molecule is CCOc1ccc(C(=O)Nc2cc(OC)ccc2OC)cc1C(=O)Nc1cc(OC)ccc1OC. The lowest BCUT2D eigenvalue weighted by atomic mass is 10.1. The zero-order chi connectivity index (χ0) is 25.4. The third-order valence-corrected chi connectivity index (χ3v) is 5.10. The molecule has 0 heterocycles. The maximum Gasteiger partial charge on any atom is 0.259 e. The third kappa shape index (κ3) is 5.94. The van der Waals surface area contributed by atoms with Crippen molar-refractivity contribution in [3.05, 3.63) is 65.7 Å². The van der Waals surface area contributed by atoms with Crippen molar-refractivity contribution >= 4 is 23.2 Å². The fourth-order valence-electron chi connectivity index (χ4n) is 3.34. The number of anilines is 2. The number of hydrogen-bond donors (Lipinski definition) is 2. The van der Waals surface area contributed by atoms with Crippen molar-refractivity contribution in [2.75, 3.05) is 45.7 Å². The second kappa shape index (κ2) is 11.6. The van der Waals surface area contributed by atoms with Crippen molar-refractivity contribution in [1.29, 1.82) is 0 Å². The van der Waals surface area contributed by atoms with E-state index in [1.54, 1.807) is 48.5 Å². The number of methoxy groups -OCH3 is 4. The van der Waals surface area contributed by atoms with Gasteiger partial charge in [0.05, 0.1) is 52.0 Å². The normalized spacial score (nSPS) is 10.2. The molecule has 184 valence electrons. The standard InChI is InChI=1S/C26H28N2O7/c1-6-35-22-10-7-16(25(29)27-20-14-17(31-2)8-11-23(20)33-4)13-19(22)26(30)28-21-15-18(32-3)9-12-24(21)34-5/h7-15H,6H2,1-5H3,(H,27,29)(H,28,30). The molecule has 9 nitrogen and oxygen atoms in total. The van der Waals surface area contributed by atoms with E-state index in [4.69, 9.17) is 23.7 Å². The van der Waals surface area contributed by atoms with Crippen molar-refractivity contribution in [1.82, 2.24) is 0 Å². The quantitative estimate of drug-likeness (QED) is 0.436. The van der Waals surface area contributed by atoms with Gasteiger partial charge in [-0.1, -0.05) is 0 Å². The minimum Gasteiger partial charge on any atom is -0.497 e. The van der Waals surface area contributed by atoms with Crippen LogP contribution in [0.5, 0.6) is 28.7 Å². The Balaban J connectivity index is 1.93. The summed E-state index contributed by atoms with van der Waals surface area (Å²) in [6, 6.07) is 14.7. The van der Waals surface area contributed by atoms with Crippen LogP contribution in [0.4, 0.5) is 11.4 Å². The van der Waals surface area contributed by atoms with E-state index in [1.807, 2.05) is 6.92 Å². The van der Waals surface area contributed by atoms with Crippen molar-refractivity contribution in [3.8, 4) is 28.7 Å². The summed E-state index contributed by atoms with van der Waals surface area (Å²) in [5, 5.41) is 5.61. The molecule has 9 heteroatoms. The molecule has 0 saturated carbocycles. The van der Waals surface area contributed by atoms with E-state index in [-0.39, 0.29) is 11.1 Å². The summed E-state index contributed by atoms with van der Waals surface area (Å²) in [5.74, 6) is 1.44. The van der Waals surface area contributed by atoms with Crippen molar-refractivity contribution in [2.45, 2.75) is 6.92 Å². The number of hydrogen-bond acceptors (Lipinski definition) is 7. The zero-order valence-corrected chi connectivity index (χ0v) is 20.3. The lowest BCUT2D eigenvalue weighted by molar-refractivity contribution is 0.102. The molecule has 3 aromatic carbocycles. The van der Waals surface area contributed by atoms with E-state index in [1.165, 1.54) is 34.5 Å². The molecule has 0 spiro atoms. The molecule has 0 aliphatic carbocycles. The Morgan fingerprint density at radius 1 is 0.657 bits per heavy atom. The molecule has 0 aliphatic heterocycles. The molecule has 0 aromatic heterocycles. The zero-order valence-electron chi connectivity index (χ0n) is 20.3. The largest absolute Gasteiger partial charge is 0.497 e. The highest BCUT2D eigenvalue weighted by Crippen LogP contribution is 2.32. The van der Waals surface area contributed by atoms with Gasteiger partial charge in [-0.25, -0.2) is 0 Å². The molecule has 3 aromatic rings. The molecule has 2 amide bonds. The molecule has 0 fully saturated rings. The molecule has 0 atom stereocenters. The molecule has 0 bridgehead atoms. The second-order valence-corrected chi connectivity index (χ2v) is 7.18. The fourth-order valence-corrected chi connectivity index (χ4v) is 3.34. The van der Waals surface area contributed by atoms with Gasteiger partial charge in [-0.15, -0.1) is 0 Å². The Labute approximate surface area is 203 Å². The minimum atomic E-state index is -0.478. The second-order valence-electron chi connectivity index (χ2n) is 7.18. The van der Waals surface area contributed by atoms with Gasteiger partial charge in [-0.05, 0) is 49.4 Å². The molecule has 0 aliphatic rings. The number of ether oxygens (including phenoxy) is 5. The summed E-state index contributed by atoms with van der Waals surface area (Å²) >= 11 is 0. The number of nitrogens with one attached hydrogen (secondary N) is 2. The predicted octanol–water partition coefficient (Wildman–Crippen LogP) is 4.62. The first-order chi connectivity index (χ1) is 16.9. The van der Waals surface area contributed by atoms with Crippen molar-refractivity contribution < 1.29 is 33.3 Å². The maximum atomic E-state index is 13.2. The molecular weight excluding hydrogens is 452 g/mol. The first kappa shape index (κ1) is 25.2. The highest BCUT2D eigenvalue weighted by atomic mass is 16.5. The highest BCUT2D eigenvalue weighted by Gasteiger charge is 2.19. The van der Waals surface area contributed by atoms with Crippen LogP contribution >= 0.6 is 0 Å². The fraction of sp³-hybridized carbons (Fsp3) is 0.231. The Morgan fingerprint density at radius 2 is 1.17 bits per heavy atom. The van der Waals surface area contributed by atoms with Gasteiger partial charge in [0.1, 0.15) is 28.7 Å². The molecule has 0 unspecified atom stereocenters. The van der Waals surface area contributed by atoms with Gasteiger partial charge < -0.3 is 34.3 Å². The average Bonchev–Trinajstić information content (AvgIpc) is 2.88. The smallest absolute Gasteiger partial charge is 0.259 e. The van der Waals surface area contributed by atoms with Crippen molar-refractivity contribution in [3.63, 3.8) is 0 Å². The van der Waals surface area contributed by atoms with E-state index in [0.29, 0.717) is 46.7 Å². The van der Waals surface area contributed by atoms with E-state index >= 15 is 0 Å². The van der Waals surface area contributed by atoms with E-state index < -0.39 is 11.8 Å². The summed E-state index contributed by atoms with van der Waals surface area (Å²) in [4.78, 5) is 26.3. The van der Waals surface area contributed by atoms with Crippen LogP contribution in [0.15, 0.2) is 54.6 Å². The third-order valence-electron chi connectivity index (χ3n) is 5.10. The molecule has 3 rings (SSSR count). The van der Waals surface area contributed by atoms with Gasteiger partial charge in [-0.2, -0.15) is 0 Å². The van der Waals surface area contributed by atoms with Gasteiger partial charge >= 0.3 is 0 Å². The van der Waals surface area contributed by atoms with Gasteiger partial charge in [0.2, 0.25) is 0 Å². The van der Waals surface area contributed by atoms with Crippen LogP contribution in [0, 0.1) is 0 Å². The summed E-state index contributed by atoms with van der Waals surface area (Å²) in [6.07, 6.45) is 0. The van der Waals surface area contributed by atoms with Crippen LogP contribution in [0.1, 0.15) is 27.6 Å². The Bertz CT molecular complexity index is 1210. The van der Waals surface area contributed by atoms with Crippen LogP contribution in [0.25, 0.3) is 0 Å². The lowest BCUT2D eigenvalue weighted by Gasteiger charge is -2.15. The molecular formula is C26H28N2O7. The number of rotatable bonds is 10. The van der Waals surface area contributed by atoms with Gasteiger partial charge in [0, 0.05) is 17.7 Å². The molecule has 0 saturated heterocycles. The monoisotopic (exact) mass is 480 g/mol. The first-order valence-corrected chi connectivity index (χ1v) is 10.8. The number of benzene rings is 3. The van der Waals surface area contributed by atoms with E-state index in [0.717, 1.165) is 0 Å². The topological polar surface area (TPSA) is 104 Å². The van der Waals surface area contributed by atoms with Gasteiger partial charge in [0.25, 0.3) is 11.8 Å². The number of amides is 2. The molecule has 35 heavy (non-hydrogen) atoms. The molecule has 2 N–H and O–H groups in total. The number of carbonyl (C=O) groups excluding carboxylic acids is 2. The van der Waals surface area contributed by atoms with Crippen LogP contribution in [-0.4, -0.2) is 46.9 Å². The van der Waals surface area contributed by atoms with Gasteiger partial charge in [-0.3, -0.25) is 9.59 Å². The number of carbonyl (C=O) groups is 2. The Kier molecular flexibility index (Phi) is 8.39. The predicted molar refractivity (Wildman–Crippen MR) is 133 cm³/mol. The van der Waals surface area contributed by atoms with Crippen LogP contribution in [0.2, 0.25) is 0 Å². The summed E-state index contributed by atoms with van der Waals surface area (Å²) in [5.41, 5.74) is 1.27.